The Balaban J connectivity index is 2.59. The molecule has 0 saturated heterocycles. The molecule has 0 fully saturated rings. The van der Waals surface area contributed by atoms with E-state index >= 15 is 0 Å². The van der Waals surface area contributed by atoms with E-state index in [0.717, 1.165) is 0 Å². The molecule has 0 aliphatic carbocycles. The van der Waals surface area contributed by atoms with Gasteiger partial charge in [0.15, 0.2) is 0 Å². The minimum absolute atomic E-state index is 0.331. The molecule has 1 aromatic carbocycles. The SMILES string of the molecule is CC=CC(Br)C=Cc1ccccc1. The van der Waals surface area contributed by atoms with Crippen LogP contribution in [0.15, 0.2) is 48.6 Å². The lowest BCUT2D eigenvalue weighted by Crippen LogP contribution is -1.83. The molecule has 0 amide bonds. The van der Waals surface area contributed by atoms with Crippen molar-refractivity contribution in [1.82, 2.24) is 0 Å². The van der Waals surface area contributed by atoms with Crippen molar-refractivity contribution >= 4 is 22.0 Å². The molecule has 13 heavy (non-hydrogen) atoms. The third-order valence-electron chi connectivity index (χ3n) is 1.65. The minimum Gasteiger partial charge on any atom is -0.0902 e. The van der Waals surface area contributed by atoms with E-state index in [1.165, 1.54) is 5.56 Å². The molecule has 1 unspecified atom stereocenters. The molecule has 68 valence electrons. The van der Waals surface area contributed by atoms with Gasteiger partial charge in [-0.05, 0) is 12.5 Å². The Hall–Kier alpha value is -0.820. The Morgan fingerprint density at radius 2 is 1.85 bits per heavy atom. The zero-order valence-corrected chi connectivity index (χ0v) is 9.24. The maximum atomic E-state index is 3.52. The highest BCUT2D eigenvalue weighted by atomic mass is 79.9. The largest absolute Gasteiger partial charge is 0.0902 e. The van der Waals surface area contributed by atoms with Crippen LogP contribution in [0.2, 0.25) is 0 Å². The third-order valence-corrected chi connectivity index (χ3v) is 2.26. The Bertz CT molecular complexity index is 285. The van der Waals surface area contributed by atoms with E-state index in [1.54, 1.807) is 0 Å². The normalized spacial score (nSPS) is 14.0. The molecule has 0 bridgehead atoms. The Labute approximate surface area is 88.1 Å². The number of benzene rings is 1. The number of hydrogen-bond acceptors (Lipinski definition) is 0. The lowest BCUT2D eigenvalue weighted by atomic mass is 10.2. The van der Waals surface area contributed by atoms with Crippen molar-refractivity contribution in [3.05, 3.63) is 54.1 Å². The van der Waals surface area contributed by atoms with Crippen LogP contribution in [-0.2, 0) is 0 Å². The molecule has 1 aromatic rings. The molecule has 0 heterocycles. The van der Waals surface area contributed by atoms with Gasteiger partial charge in [0.2, 0.25) is 0 Å². The monoisotopic (exact) mass is 236 g/mol. The summed E-state index contributed by atoms with van der Waals surface area (Å²) in [5.41, 5.74) is 1.23. The number of halogens is 1. The summed E-state index contributed by atoms with van der Waals surface area (Å²) in [4.78, 5) is 0.331. The van der Waals surface area contributed by atoms with Crippen LogP contribution in [0.3, 0.4) is 0 Å². The van der Waals surface area contributed by atoms with Crippen LogP contribution in [0.25, 0.3) is 6.08 Å². The Morgan fingerprint density at radius 3 is 2.46 bits per heavy atom. The Kier molecular flexibility index (Phi) is 4.55. The number of hydrogen-bond donors (Lipinski definition) is 0. The molecule has 0 N–H and O–H groups in total. The van der Waals surface area contributed by atoms with Gasteiger partial charge in [0.25, 0.3) is 0 Å². The average Bonchev–Trinajstić information content (AvgIpc) is 2.17. The summed E-state index contributed by atoms with van der Waals surface area (Å²) < 4.78 is 0. The van der Waals surface area contributed by atoms with Crippen LogP contribution in [0.4, 0.5) is 0 Å². The predicted octanol–water partition coefficient (Wildman–Crippen LogP) is 4.04. The lowest BCUT2D eigenvalue weighted by molar-refractivity contribution is 1.44. The van der Waals surface area contributed by atoms with Crippen LogP contribution >= 0.6 is 15.9 Å². The van der Waals surface area contributed by atoms with E-state index in [-0.39, 0.29) is 0 Å². The van der Waals surface area contributed by atoms with Crippen molar-refractivity contribution in [2.24, 2.45) is 0 Å². The summed E-state index contributed by atoms with van der Waals surface area (Å²) in [6.07, 6.45) is 8.36. The lowest BCUT2D eigenvalue weighted by Gasteiger charge is -1.95. The molecule has 0 aliphatic rings. The highest BCUT2D eigenvalue weighted by molar-refractivity contribution is 9.09. The maximum Gasteiger partial charge on any atom is 0.0509 e. The van der Waals surface area contributed by atoms with Crippen molar-refractivity contribution in [3.8, 4) is 0 Å². The number of allylic oxidation sites excluding steroid dienone is 3. The molecule has 1 atom stereocenters. The second kappa shape index (κ2) is 5.76. The fourth-order valence-corrected chi connectivity index (χ4v) is 1.47. The van der Waals surface area contributed by atoms with Crippen LogP contribution < -0.4 is 0 Å². The molecular formula is C12H13Br. The van der Waals surface area contributed by atoms with Crippen LogP contribution in [0.1, 0.15) is 12.5 Å². The standard InChI is InChI=1S/C12H13Br/c1-2-6-12(13)10-9-11-7-4-3-5-8-11/h2-10,12H,1H3. The van der Waals surface area contributed by atoms with E-state index in [1.807, 2.05) is 31.2 Å². The molecule has 0 aromatic heterocycles. The van der Waals surface area contributed by atoms with Gasteiger partial charge in [-0.15, -0.1) is 0 Å². The first kappa shape index (κ1) is 10.3. The molecule has 1 heteroatoms. The molecule has 0 spiro atoms. The second-order valence-corrected chi connectivity index (χ2v) is 3.80. The van der Waals surface area contributed by atoms with Gasteiger partial charge in [-0.25, -0.2) is 0 Å². The molecule has 0 radical (unpaired) electrons. The fraction of sp³-hybridized carbons (Fsp3) is 0.167. The topological polar surface area (TPSA) is 0 Å². The van der Waals surface area contributed by atoms with Crippen LogP contribution in [0.5, 0.6) is 0 Å². The highest BCUT2D eigenvalue weighted by Crippen LogP contribution is 2.07. The van der Waals surface area contributed by atoms with E-state index < -0.39 is 0 Å². The van der Waals surface area contributed by atoms with Crippen molar-refractivity contribution < 1.29 is 0 Å². The molecular weight excluding hydrogens is 224 g/mol. The van der Waals surface area contributed by atoms with Gasteiger partial charge in [-0.2, -0.15) is 0 Å². The quantitative estimate of drug-likeness (QED) is 0.549. The summed E-state index contributed by atoms with van der Waals surface area (Å²) in [7, 11) is 0. The zero-order chi connectivity index (χ0) is 9.52. The molecule has 1 rings (SSSR count). The van der Waals surface area contributed by atoms with E-state index in [0.29, 0.717) is 4.83 Å². The van der Waals surface area contributed by atoms with E-state index in [4.69, 9.17) is 0 Å². The predicted molar refractivity (Wildman–Crippen MR) is 63.0 cm³/mol. The van der Waals surface area contributed by atoms with Crippen molar-refractivity contribution in [2.45, 2.75) is 11.8 Å². The Morgan fingerprint density at radius 1 is 1.15 bits per heavy atom. The van der Waals surface area contributed by atoms with Crippen LogP contribution in [0, 0.1) is 0 Å². The smallest absolute Gasteiger partial charge is 0.0509 e. The summed E-state index contributed by atoms with van der Waals surface area (Å²) in [6, 6.07) is 10.3. The van der Waals surface area contributed by atoms with Gasteiger partial charge in [0.1, 0.15) is 0 Å². The van der Waals surface area contributed by atoms with Crippen molar-refractivity contribution in [2.75, 3.05) is 0 Å². The van der Waals surface area contributed by atoms with Gasteiger partial charge in [0, 0.05) is 0 Å². The van der Waals surface area contributed by atoms with Crippen molar-refractivity contribution in [1.29, 1.82) is 0 Å². The summed E-state index contributed by atoms with van der Waals surface area (Å²) in [6.45, 7) is 2.02. The third kappa shape index (κ3) is 4.09. The zero-order valence-electron chi connectivity index (χ0n) is 7.65. The summed E-state index contributed by atoms with van der Waals surface area (Å²) in [5, 5.41) is 0. The first-order valence-corrected chi connectivity index (χ1v) is 5.24. The first-order chi connectivity index (χ1) is 6.33. The van der Waals surface area contributed by atoms with Gasteiger partial charge in [-0.3, -0.25) is 0 Å². The number of alkyl halides is 1. The average molecular weight is 237 g/mol. The fourth-order valence-electron chi connectivity index (χ4n) is 1.02. The second-order valence-electron chi connectivity index (χ2n) is 2.74. The van der Waals surface area contributed by atoms with Crippen molar-refractivity contribution in [3.63, 3.8) is 0 Å². The van der Waals surface area contributed by atoms with Gasteiger partial charge < -0.3 is 0 Å². The van der Waals surface area contributed by atoms with Gasteiger partial charge in [-0.1, -0.05) is 70.6 Å². The van der Waals surface area contributed by atoms with E-state index in [2.05, 4.69) is 46.3 Å². The summed E-state index contributed by atoms with van der Waals surface area (Å²) >= 11 is 3.52. The molecule has 0 aliphatic heterocycles. The van der Waals surface area contributed by atoms with Gasteiger partial charge >= 0.3 is 0 Å². The summed E-state index contributed by atoms with van der Waals surface area (Å²) in [5.74, 6) is 0. The van der Waals surface area contributed by atoms with E-state index in [9.17, 15) is 0 Å². The van der Waals surface area contributed by atoms with Gasteiger partial charge in [0.05, 0.1) is 4.83 Å². The first-order valence-electron chi connectivity index (χ1n) is 4.33. The number of rotatable bonds is 3. The maximum absolute atomic E-state index is 3.52. The minimum atomic E-state index is 0.331. The molecule has 0 nitrogen and oxygen atoms in total. The highest BCUT2D eigenvalue weighted by Gasteiger charge is 1.89. The van der Waals surface area contributed by atoms with Crippen LogP contribution in [-0.4, -0.2) is 4.83 Å². The molecule has 0 saturated carbocycles.